The molecular weight excluding hydrogens is 318 g/mol. The lowest BCUT2D eigenvalue weighted by molar-refractivity contribution is 0.0936. The van der Waals surface area contributed by atoms with Crippen LogP contribution in [-0.4, -0.2) is 37.7 Å². The number of pyridine rings is 1. The molecule has 2 aromatic rings. The molecule has 0 aromatic carbocycles. The number of carbonyl (C=O) groups is 1. The van der Waals surface area contributed by atoms with E-state index in [-0.39, 0.29) is 11.9 Å². The number of nitrogens with zero attached hydrogens (tertiary/aromatic N) is 2. The first-order chi connectivity index (χ1) is 12.2. The van der Waals surface area contributed by atoms with E-state index < -0.39 is 0 Å². The molecule has 0 saturated carbocycles. The number of piperidine rings is 1. The molecule has 1 fully saturated rings. The molecule has 0 radical (unpaired) electrons. The van der Waals surface area contributed by atoms with Gasteiger partial charge in [0, 0.05) is 26.4 Å². The summed E-state index contributed by atoms with van der Waals surface area (Å²) >= 11 is 0. The molecule has 1 N–H and O–H groups in total. The van der Waals surface area contributed by atoms with Gasteiger partial charge in [-0.05, 0) is 43.0 Å². The van der Waals surface area contributed by atoms with E-state index in [1.165, 1.54) is 0 Å². The summed E-state index contributed by atoms with van der Waals surface area (Å²) in [5, 5.41) is 2.80. The monoisotopic (exact) mass is 343 g/mol. The van der Waals surface area contributed by atoms with Gasteiger partial charge in [-0.2, -0.15) is 0 Å². The first kappa shape index (κ1) is 17.5. The number of rotatable bonds is 6. The third kappa shape index (κ3) is 4.20. The van der Waals surface area contributed by atoms with Crippen molar-refractivity contribution in [3.63, 3.8) is 0 Å². The van der Waals surface area contributed by atoms with Gasteiger partial charge in [0.05, 0.1) is 24.5 Å². The largest absolute Gasteiger partial charge is 0.467 e. The lowest BCUT2D eigenvalue weighted by atomic mass is 9.91. The fourth-order valence-electron chi connectivity index (χ4n) is 3.23. The zero-order valence-corrected chi connectivity index (χ0v) is 14.8. The maximum absolute atomic E-state index is 12.1. The van der Waals surface area contributed by atoms with Crippen LogP contribution in [0.3, 0.4) is 0 Å². The summed E-state index contributed by atoms with van der Waals surface area (Å²) in [5.41, 5.74) is 0.555. The predicted molar refractivity (Wildman–Crippen MR) is 95.6 cm³/mol. The summed E-state index contributed by atoms with van der Waals surface area (Å²) in [4.78, 5) is 18.9. The van der Waals surface area contributed by atoms with Crippen LogP contribution in [0.2, 0.25) is 0 Å². The summed E-state index contributed by atoms with van der Waals surface area (Å²) in [6.45, 7) is 4.18. The fraction of sp³-hybridized carbons (Fsp3) is 0.474. The SMILES string of the molecule is COCCNC(=O)c1ccc(N2CCC(C)CC2c2ccco2)nc1. The Labute approximate surface area is 148 Å². The van der Waals surface area contributed by atoms with E-state index in [2.05, 4.69) is 22.1 Å². The summed E-state index contributed by atoms with van der Waals surface area (Å²) in [6.07, 6.45) is 5.51. The van der Waals surface area contributed by atoms with Gasteiger partial charge in [0.15, 0.2) is 0 Å². The van der Waals surface area contributed by atoms with E-state index in [1.54, 1.807) is 19.6 Å². The van der Waals surface area contributed by atoms with E-state index >= 15 is 0 Å². The Balaban J connectivity index is 1.72. The third-order valence-electron chi connectivity index (χ3n) is 4.63. The highest BCUT2D eigenvalue weighted by Gasteiger charge is 2.30. The minimum absolute atomic E-state index is 0.133. The first-order valence-corrected chi connectivity index (χ1v) is 8.72. The molecular formula is C19H25N3O3. The number of furan rings is 1. The molecule has 1 saturated heterocycles. The summed E-state index contributed by atoms with van der Waals surface area (Å²) in [6, 6.07) is 7.87. The highest BCUT2D eigenvalue weighted by Crippen LogP contribution is 2.36. The Morgan fingerprint density at radius 1 is 1.44 bits per heavy atom. The number of amides is 1. The molecule has 134 valence electrons. The molecule has 2 unspecified atom stereocenters. The second kappa shape index (κ2) is 8.16. The Morgan fingerprint density at radius 3 is 3.00 bits per heavy atom. The van der Waals surface area contributed by atoms with E-state index in [0.717, 1.165) is 31.0 Å². The molecule has 0 aliphatic carbocycles. The number of anilines is 1. The van der Waals surface area contributed by atoms with Crippen molar-refractivity contribution >= 4 is 11.7 Å². The van der Waals surface area contributed by atoms with Crippen molar-refractivity contribution in [1.29, 1.82) is 0 Å². The van der Waals surface area contributed by atoms with Gasteiger partial charge in [-0.1, -0.05) is 6.92 Å². The summed E-state index contributed by atoms with van der Waals surface area (Å²) < 4.78 is 10.6. The number of hydrogen-bond donors (Lipinski definition) is 1. The van der Waals surface area contributed by atoms with Crippen LogP contribution in [0, 0.1) is 5.92 Å². The fourth-order valence-corrected chi connectivity index (χ4v) is 3.23. The van der Waals surface area contributed by atoms with Gasteiger partial charge in [0.1, 0.15) is 11.6 Å². The van der Waals surface area contributed by atoms with Gasteiger partial charge in [-0.3, -0.25) is 4.79 Å². The highest BCUT2D eigenvalue weighted by atomic mass is 16.5. The molecule has 1 aliphatic rings. The Kier molecular flexibility index (Phi) is 5.71. The first-order valence-electron chi connectivity index (χ1n) is 8.72. The molecule has 1 aliphatic heterocycles. The average Bonchev–Trinajstić information content (AvgIpc) is 3.16. The topological polar surface area (TPSA) is 67.6 Å². The zero-order valence-electron chi connectivity index (χ0n) is 14.8. The molecule has 3 heterocycles. The normalized spacial score (nSPS) is 20.5. The number of methoxy groups -OCH3 is 1. The molecule has 25 heavy (non-hydrogen) atoms. The minimum atomic E-state index is -0.133. The molecule has 1 amide bonds. The second-order valence-corrected chi connectivity index (χ2v) is 6.51. The van der Waals surface area contributed by atoms with Crippen LogP contribution in [0.25, 0.3) is 0 Å². The van der Waals surface area contributed by atoms with Gasteiger partial charge in [-0.15, -0.1) is 0 Å². The van der Waals surface area contributed by atoms with Crippen molar-refractivity contribution in [2.24, 2.45) is 5.92 Å². The molecule has 0 spiro atoms. The molecule has 2 atom stereocenters. The van der Waals surface area contributed by atoms with E-state index in [4.69, 9.17) is 9.15 Å². The minimum Gasteiger partial charge on any atom is -0.467 e. The van der Waals surface area contributed by atoms with Crippen LogP contribution in [0.5, 0.6) is 0 Å². The van der Waals surface area contributed by atoms with Gasteiger partial charge in [-0.25, -0.2) is 4.98 Å². The van der Waals surface area contributed by atoms with E-state index in [1.807, 2.05) is 24.3 Å². The average molecular weight is 343 g/mol. The van der Waals surface area contributed by atoms with E-state index in [9.17, 15) is 4.79 Å². The number of hydrogen-bond acceptors (Lipinski definition) is 5. The van der Waals surface area contributed by atoms with Crippen molar-refractivity contribution in [1.82, 2.24) is 10.3 Å². The zero-order chi connectivity index (χ0) is 17.6. The number of ether oxygens (including phenoxy) is 1. The van der Waals surface area contributed by atoms with Gasteiger partial charge >= 0.3 is 0 Å². The Morgan fingerprint density at radius 2 is 2.32 bits per heavy atom. The van der Waals surface area contributed by atoms with E-state index in [0.29, 0.717) is 24.6 Å². The molecule has 0 bridgehead atoms. The van der Waals surface area contributed by atoms with Gasteiger partial charge in [0.25, 0.3) is 5.91 Å². The van der Waals surface area contributed by atoms with Crippen molar-refractivity contribution in [3.05, 3.63) is 48.0 Å². The maximum Gasteiger partial charge on any atom is 0.252 e. The molecule has 6 heteroatoms. The van der Waals surface area contributed by atoms with Crippen LogP contribution in [0.4, 0.5) is 5.82 Å². The number of carbonyl (C=O) groups excluding carboxylic acids is 1. The van der Waals surface area contributed by atoms with Crippen LogP contribution in [-0.2, 0) is 4.74 Å². The van der Waals surface area contributed by atoms with Gasteiger partial charge < -0.3 is 19.4 Å². The predicted octanol–water partition coefficient (Wildman–Crippen LogP) is 3.03. The lowest BCUT2D eigenvalue weighted by Crippen LogP contribution is -2.36. The highest BCUT2D eigenvalue weighted by molar-refractivity contribution is 5.94. The molecule has 6 nitrogen and oxygen atoms in total. The van der Waals surface area contributed by atoms with Crippen molar-refractivity contribution in [2.45, 2.75) is 25.8 Å². The quantitative estimate of drug-likeness (QED) is 0.817. The van der Waals surface area contributed by atoms with Gasteiger partial charge in [0.2, 0.25) is 0 Å². The van der Waals surface area contributed by atoms with Crippen LogP contribution in [0.1, 0.15) is 41.9 Å². The second-order valence-electron chi connectivity index (χ2n) is 6.51. The smallest absolute Gasteiger partial charge is 0.252 e. The lowest BCUT2D eigenvalue weighted by Gasteiger charge is -2.38. The third-order valence-corrected chi connectivity index (χ3v) is 4.63. The summed E-state index contributed by atoms with van der Waals surface area (Å²) in [5.74, 6) is 2.36. The van der Waals surface area contributed by atoms with Crippen LogP contribution in [0.15, 0.2) is 41.1 Å². The van der Waals surface area contributed by atoms with Crippen molar-refractivity contribution in [2.75, 3.05) is 31.7 Å². The number of aromatic nitrogens is 1. The standard InChI is InChI=1S/C19H25N3O3/c1-14-7-9-22(16(12-14)17-4-3-10-25-17)18-6-5-15(13-21-18)19(23)20-8-11-24-2/h3-6,10,13-14,16H,7-9,11-12H2,1-2H3,(H,20,23). The van der Waals surface area contributed by atoms with Crippen molar-refractivity contribution < 1.29 is 13.9 Å². The number of nitrogens with one attached hydrogen (secondary N) is 1. The molecule has 3 rings (SSSR count). The van der Waals surface area contributed by atoms with Crippen LogP contribution >= 0.6 is 0 Å². The Hall–Kier alpha value is -2.34. The Bertz CT molecular complexity index is 670. The van der Waals surface area contributed by atoms with Crippen LogP contribution < -0.4 is 10.2 Å². The summed E-state index contributed by atoms with van der Waals surface area (Å²) in [7, 11) is 1.61. The maximum atomic E-state index is 12.1. The van der Waals surface area contributed by atoms with Crippen molar-refractivity contribution in [3.8, 4) is 0 Å². The molecule has 2 aromatic heterocycles.